The van der Waals surface area contributed by atoms with Gasteiger partial charge in [-0.3, -0.25) is 10.1 Å². The molecule has 1 N–H and O–H groups in total. The molecule has 0 aliphatic carbocycles. The van der Waals surface area contributed by atoms with E-state index in [1.807, 2.05) is 12.1 Å². The summed E-state index contributed by atoms with van der Waals surface area (Å²) in [5, 5.41) is 13.7. The molecule has 2 aromatic rings. The van der Waals surface area contributed by atoms with Gasteiger partial charge in [-0.2, -0.15) is 0 Å². The molecule has 0 fully saturated rings. The van der Waals surface area contributed by atoms with E-state index >= 15 is 0 Å². The zero-order valence-corrected chi connectivity index (χ0v) is 11.3. The highest BCUT2D eigenvalue weighted by Gasteiger charge is 2.11. The molecule has 6 nitrogen and oxygen atoms in total. The van der Waals surface area contributed by atoms with Crippen LogP contribution in [0, 0.1) is 17.0 Å². The molecule has 104 valence electrons. The first-order chi connectivity index (χ1) is 9.61. The molecule has 0 unspecified atom stereocenters. The number of nitrogens with zero attached hydrogens (tertiary/aromatic N) is 2. The van der Waals surface area contributed by atoms with Crippen molar-refractivity contribution in [1.82, 2.24) is 4.98 Å². The first-order valence-electron chi connectivity index (χ1n) is 6.11. The van der Waals surface area contributed by atoms with Crippen LogP contribution in [-0.4, -0.2) is 17.0 Å². The third-order valence-corrected chi connectivity index (χ3v) is 2.89. The number of hydrogen-bond donors (Lipinski definition) is 1. The molecule has 0 bridgehead atoms. The molecule has 0 aliphatic heterocycles. The number of nitro groups is 1. The fourth-order valence-corrected chi connectivity index (χ4v) is 1.86. The summed E-state index contributed by atoms with van der Waals surface area (Å²) in [7, 11) is 1.79. The highest BCUT2D eigenvalue weighted by molar-refractivity contribution is 5.45. The van der Waals surface area contributed by atoms with E-state index in [1.54, 1.807) is 32.3 Å². The SMILES string of the molecule is CNc1ncccc1COc1ccc([N+](=O)[O-])c(C)c1. The number of nitrogens with one attached hydrogen (secondary N) is 1. The predicted octanol–water partition coefficient (Wildman–Crippen LogP) is 2.92. The van der Waals surface area contributed by atoms with E-state index in [0.29, 0.717) is 17.9 Å². The Balaban J connectivity index is 2.11. The number of ether oxygens (including phenoxy) is 1. The molecule has 2 rings (SSSR count). The van der Waals surface area contributed by atoms with Crippen LogP contribution in [0.3, 0.4) is 0 Å². The molecule has 0 saturated heterocycles. The fraction of sp³-hybridized carbons (Fsp3) is 0.214. The Kier molecular flexibility index (Phi) is 4.14. The van der Waals surface area contributed by atoms with Crippen molar-refractivity contribution in [1.29, 1.82) is 0 Å². The lowest BCUT2D eigenvalue weighted by Gasteiger charge is -2.10. The maximum absolute atomic E-state index is 10.7. The van der Waals surface area contributed by atoms with Crippen molar-refractivity contribution in [3.63, 3.8) is 0 Å². The summed E-state index contributed by atoms with van der Waals surface area (Å²) < 4.78 is 5.65. The molecule has 6 heteroatoms. The van der Waals surface area contributed by atoms with Crippen molar-refractivity contribution in [2.75, 3.05) is 12.4 Å². The third-order valence-electron chi connectivity index (χ3n) is 2.89. The van der Waals surface area contributed by atoms with Gasteiger partial charge in [0, 0.05) is 30.4 Å². The van der Waals surface area contributed by atoms with E-state index in [2.05, 4.69) is 10.3 Å². The second kappa shape index (κ2) is 6.01. The van der Waals surface area contributed by atoms with Gasteiger partial charge >= 0.3 is 0 Å². The Hall–Kier alpha value is -2.63. The fourth-order valence-electron chi connectivity index (χ4n) is 1.86. The summed E-state index contributed by atoms with van der Waals surface area (Å²) in [5.41, 5.74) is 1.59. The van der Waals surface area contributed by atoms with E-state index in [1.165, 1.54) is 6.07 Å². The summed E-state index contributed by atoms with van der Waals surface area (Å²) >= 11 is 0. The first kappa shape index (κ1) is 13.8. The Morgan fingerprint density at radius 3 is 2.85 bits per heavy atom. The molecule has 0 spiro atoms. The lowest BCUT2D eigenvalue weighted by molar-refractivity contribution is -0.385. The van der Waals surface area contributed by atoms with E-state index in [4.69, 9.17) is 4.74 Å². The summed E-state index contributed by atoms with van der Waals surface area (Å²) in [6.45, 7) is 2.04. The highest BCUT2D eigenvalue weighted by Crippen LogP contribution is 2.24. The number of pyridine rings is 1. The molecule has 20 heavy (non-hydrogen) atoms. The average Bonchev–Trinajstić information content (AvgIpc) is 2.45. The van der Waals surface area contributed by atoms with Crippen molar-refractivity contribution in [3.05, 3.63) is 57.8 Å². The number of anilines is 1. The second-order valence-corrected chi connectivity index (χ2v) is 4.26. The van der Waals surface area contributed by atoms with Crippen molar-refractivity contribution in [3.8, 4) is 5.75 Å². The molecule has 0 atom stereocenters. The van der Waals surface area contributed by atoms with E-state index in [0.717, 1.165) is 11.4 Å². The number of aromatic nitrogens is 1. The quantitative estimate of drug-likeness (QED) is 0.669. The van der Waals surface area contributed by atoms with Crippen molar-refractivity contribution < 1.29 is 9.66 Å². The van der Waals surface area contributed by atoms with Crippen LogP contribution >= 0.6 is 0 Å². The minimum absolute atomic E-state index is 0.0923. The van der Waals surface area contributed by atoms with Crippen LogP contribution in [0.25, 0.3) is 0 Å². The number of nitro benzene ring substituents is 1. The van der Waals surface area contributed by atoms with Gasteiger partial charge < -0.3 is 10.1 Å². The summed E-state index contributed by atoms with van der Waals surface area (Å²) in [5.74, 6) is 1.35. The normalized spacial score (nSPS) is 10.1. The van der Waals surface area contributed by atoms with Gasteiger partial charge in [0.2, 0.25) is 0 Å². The minimum atomic E-state index is -0.403. The summed E-state index contributed by atoms with van der Waals surface area (Å²) in [6.07, 6.45) is 1.70. The van der Waals surface area contributed by atoms with Gasteiger partial charge in [-0.05, 0) is 25.1 Å². The van der Waals surface area contributed by atoms with Crippen LogP contribution in [0.2, 0.25) is 0 Å². The maximum atomic E-state index is 10.7. The van der Waals surface area contributed by atoms with Gasteiger partial charge in [-0.25, -0.2) is 4.98 Å². The van der Waals surface area contributed by atoms with Gasteiger partial charge in [0.05, 0.1) is 4.92 Å². The predicted molar refractivity (Wildman–Crippen MR) is 75.9 cm³/mol. The lowest BCUT2D eigenvalue weighted by Crippen LogP contribution is -2.02. The Labute approximate surface area is 116 Å². The monoisotopic (exact) mass is 273 g/mol. The van der Waals surface area contributed by atoms with Crippen LogP contribution in [0.15, 0.2) is 36.5 Å². The smallest absolute Gasteiger partial charge is 0.272 e. The van der Waals surface area contributed by atoms with Gasteiger partial charge in [-0.15, -0.1) is 0 Å². The van der Waals surface area contributed by atoms with Crippen molar-refractivity contribution in [2.24, 2.45) is 0 Å². The van der Waals surface area contributed by atoms with Crippen LogP contribution < -0.4 is 10.1 Å². The number of hydrogen-bond acceptors (Lipinski definition) is 5. The van der Waals surface area contributed by atoms with Crippen LogP contribution in [0.5, 0.6) is 5.75 Å². The van der Waals surface area contributed by atoms with E-state index in [-0.39, 0.29) is 5.69 Å². The number of benzene rings is 1. The van der Waals surface area contributed by atoms with Crippen LogP contribution in [0.1, 0.15) is 11.1 Å². The van der Waals surface area contributed by atoms with Crippen LogP contribution in [0.4, 0.5) is 11.5 Å². The van der Waals surface area contributed by atoms with Gasteiger partial charge in [-0.1, -0.05) is 6.07 Å². The van der Waals surface area contributed by atoms with Crippen LogP contribution in [-0.2, 0) is 6.61 Å². The zero-order valence-electron chi connectivity index (χ0n) is 11.3. The van der Waals surface area contributed by atoms with Gasteiger partial charge in [0.25, 0.3) is 5.69 Å². The van der Waals surface area contributed by atoms with E-state index < -0.39 is 4.92 Å². The third kappa shape index (κ3) is 3.03. The molecule has 1 aromatic heterocycles. The highest BCUT2D eigenvalue weighted by atomic mass is 16.6. The largest absolute Gasteiger partial charge is 0.489 e. The molecule has 0 saturated carbocycles. The molecule has 1 aromatic carbocycles. The summed E-state index contributed by atoms with van der Waals surface area (Å²) in [4.78, 5) is 14.5. The first-order valence-corrected chi connectivity index (χ1v) is 6.11. The Morgan fingerprint density at radius 1 is 1.40 bits per heavy atom. The molecule has 0 aliphatic rings. The average molecular weight is 273 g/mol. The second-order valence-electron chi connectivity index (χ2n) is 4.26. The summed E-state index contributed by atoms with van der Waals surface area (Å²) in [6, 6.07) is 8.46. The lowest BCUT2D eigenvalue weighted by atomic mass is 10.2. The standard InChI is InChI=1S/C14H15N3O3/c1-10-8-12(5-6-13(10)17(18)19)20-9-11-4-3-7-16-14(11)15-2/h3-8H,9H2,1-2H3,(H,15,16). The molecule has 0 radical (unpaired) electrons. The Bertz CT molecular complexity index is 629. The van der Waals surface area contributed by atoms with Gasteiger partial charge in [0.15, 0.2) is 0 Å². The maximum Gasteiger partial charge on any atom is 0.272 e. The molecular formula is C14H15N3O3. The minimum Gasteiger partial charge on any atom is -0.489 e. The van der Waals surface area contributed by atoms with Gasteiger partial charge in [0.1, 0.15) is 18.2 Å². The number of rotatable bonds is 5. The van der Waals surface area contributed by atoms with Crippen molar-refractivity contribution >= 4 is 11.5 Å². The number of aryl methyl sites for hydroxylation is 1. The molecule has 1 heterocycles. The topological polar surface area (TPSA) is 77.3 Å². The molecular weight excluding hydrogens is 258 g/mol. The van der Waals surface area contributed by atoms with Crippen molar-refractivity contribution in [2.45, 2.75) is 13.5 Å². The van der Waals surface area contributed by atoms with E-state index in [9.17, 15) is 10.1 Å². The zero-order chi connectivity index (χ0) is 14.5. The Morgan fingerprint density at radius 2 is 2.20 bits per heavy atom. The molecule has 0 amide bonds.